The second-order valence-electron chi connectivity index (χ2n) is 5.28. The molecule has 3 aromatic rings. The number of H-pyrrole nitrogens is 1. The van der Waals surface area contributed by atoms with Gasteiger partial charge in [-0.3, -0.25) is 10.4 Å². The molecule has 2 aromatic carbocycles. The predicted octanol–water partition coefficient (Wildman–Crippen LogP) is 3.35. The summed E-state index contributed by atoms with van der Waals surface area (Å²) in [6.45, 7) is 2.31. The van der Waals surface area contributed by atoms with Gasteiger partial charge in [-0.25, -0.2) is 4.98 Å². The third kappa shape index (κ3) is 3.70. The first kappa shape index (κ1) is 15.5. The van der Waals surface area contributed by atoms with Crippen LogP contribution in [0, 0.1) is 6.92 Å². The molecule has 1 atom stereocenters. The summed E-state index contributed by atoms with van der Waals surface area (Å²) in [5.74, 6) is 1.63. The van der Waals surface area contributed by atoms with E-state index in [4.69, 9.17) is 11.6 Å². The van der Waals surface area contributed by atoms with E-state index in [9.17, 15) is 5.11 Å². The van der Waals surface area contributed by atoms with Crippen molar-refractivity contribution in [2.45, 2.75) is 19.5 Å². The smallest absolute Gasteiger partial charge is 0.172 e. The lowest BCUT2D eigenvalue weighted by molar-refractivity contribution is 0.461. The predicted molar refractivity (Wildman–Crippen MR) is 89.4 cm³/mol. The van der Waals surface area contributed by atoms with Gasteiger partial charge >= 0.3 is 0 Å². The Morgan fingerprint density at radius 1 is 1.22 bits per heavy atom. The first-order valence-electron chi connectivity index (χ1n) is 7.28. The van der Waals surface area contributed by atoms with Gasteiger partial charge in [0.1, 0.15) is 11.6 Å². The Kier molecular flexibility index (Phi) is 4.60. The molecule has 6 heteroatoms. The van der Waals surface area contributed by atoms with Crippen LogP contribution in [0.1, 0.15) is 28.8 Å². The van der Waals surface area contributed by atoms with Gasteiger partial charge in [0.2, 0.25) is 0 Å². The standard InChI is InChI=1S/C17H17ClN4O/c1-11-20-17(22-21-11)16(12-5-3-2-4-6-12)19-10-13-9-14(18)7-8-15(13)23/h2-9,16,19,23H,10H2,1H3,(H,20,21,22). The summed E-state index contributed by atoms with van der Waals surface area (Å²) in [7, 11) is 0. The molecule has 0 saturated heterocycles. The van der Waals surface area contributed by atoms with Crippen molar-refractivity contribution in [3.63, 3.8) is 0 Å². The van der Waals surface area contributed by atoms with Gasteiger partial charge in [0.15, 0.2) is 5.82 Å². The Hall–Kier alpha value is -2.37. The molecule has 0 fully saturated rings. The average molecular weight is 329 g/mol. The molecule has 0 spiro atoms. The lowest BCUT2D eigenvalue weighted by Crippen LogP contribution is -2.23. The van der Waals surface area contributed by atoms with Crippen LogP contribution in [-0.4, -0.2) is 20.3 Å². The highest BCUT2D eigenvalue weighted by Crippen LogP contribution is 2.24. The molecule has 3 N–H and O–H groups in total. The normalized spacial score (nSPS) is 12.3. The van der Waals surface area contributed by atoms with E-state index in [1.165, 1.54) is 0 Å². The lowest BCUT2D eigenvalue weighted by Gasteiger charge is -2.17. The van der Waals surface area contributed by atoms with Crippen molar-refractivity contribution in [2.24, 2.45) is 0 Å². The Balaban J connectivity index is 1.86. The van der Waals surface area contributed by atoms with Crippen LogP contribution in [0.15, 0.2) is 48.5 Å². The summed E-state index contributed by atoms with van der Waals surface area (Å²) in [5, 5.41) is 21.1. The molecule has 0 aliphatic carbocycles. The van der Waals surface area contributed by atoms with E-state index in [0.717, 1.165) is 17.0 Å². The molecule has 0 aliphatic heterocycles. The largest absolute Gasteiger partial charge is 0.508 e. The zero-order valence-electron chi connectivity index (χ0n) is 12.6. The van der Waals surface area contributed by atoms with Crippen molar-refractivity contribution in [1.82, 2.24) is 20.5 Å². The van der Waals surface area contributed by atoms with E-state index >= 15 is 0 Å². The van der Waals surface area contributed by atoms with Gasteiger partial charge < -0.3 is 5.11 Å². The van der Waals surface area contributed by atoms with Gasteiger partial charge in [-0.15, -0.1) is 0 Å². The zero-order chi connectivity index (χ0) is 16.2. The van der Waals surface area contributed by atoms with Crippen LogP contribution in [0.2, 0.25) is 5.02 Å². The summed E-state index contributed by atoms with van der Waals surface area (Å²) in [6.07, 6.45) is 0. The van der Waals surface area contributed by atoms with Gasteiger partial charge in [0, 0.05) is 17.1 Å². The molecule has 0 saturated carbocycles. The molecule has 1 heterocycles. The number of aryl methyl sites for hydroxylation is 1. The topological polar surface area (TPSA) is 73.8 Å². The van der Waals surface area contributed by atoms with Crippen molar-refractivity contribution in [1.29, 1.82) is 0 Å². The fraction of sp³-hybridized carbons (Fsp3) is 0.176. The van der Waals surface area contributed by atoms with Crippen LogP contribution in [0.25, 0.3) is 0 Å². The molecule has 23 heavy (non-hydrogen) atoms. The fourth-order valence-corrected chi connectivity index (χ4v) is 2.60. The zero-order valence-corrected chi connectivity index (χ0v) is 13.4. The molecule has 0 aliphatic rings. The van der Waals surface area contributed by atoms with Gasteiger partial charge in [0.05, 0.1) is 6.04 Å². The minimum absolute atomic E-state index is 0.181. The summed E-state index contributed by atoms with van der Waals surface area (Å²) < 4.78 is 0. The van der Waals surface area contributed by atoms with Gasteiger partial charge in [0.25, 0.3) is 0 Å². The lowest BCUT2D eigenvalue weighted by atomic mass is 10.1. The molecule has 0 amide bonds. The van der Waals surface area contributed by atoms with E-state index in [0.29, 0.717) is 17.4 Å². The number of benzene rings is 2. The van der Waals surface area contributed by atoms with Gasteiger partial charge in [-0.2, -0.15) is 5.10 Å². The summed E-state index contributed by atoms with van der Waals surface area (Å²) in [4.78, 5) is 4.42. The number of aromatic amines is 1. The van der Waals surface area contributed by atoms with Crippen LogP contribution in [-0.2, 0) is 6.54 Å². The number of aromatic nitrogens is 3. The number of hydrogen-bond acceptors (Lipinski definition) is 4. The highest BCUT2D eigenvalue weighted by Gasteiger charge is 2.18. The minimum atomic E-state index is -0.181. The number of phenols is 1. The number of aromatic hydroxyl groups is 1. The van der Waals surface area contributed by atoms with Crippen molar-refractivity contribution in [3.05, 3.63) is 76.3 Å². The maximum Gasteiger partial charge on any atom is 0.172 e. The first-order chi connectivity index (χ1) is 11.1. The molecular weight excluding hydrogens is 312 g/mol. The quantitative estimate of drug-likeness (QED) is 0.671. The van der Waals surface area contributed by atoms with Gasteiger partial charge in [-0.05, 0) is 30.7 Å². The van der Waals surface area contributed by atoms with Crippen LogP contribution in [0.5, 0.6) is 5.75 Å². The second kappa shape index (κ2) is 6.81. The van der Waals surface area contributed by atoms with Gasteiger partial charge in [-0.1, -0.05) is 41.9 Å². The van der Waals surface area contributed by atoms with E-state index < -0.39 is 0 Å². The highest BCUT2D eigenvalue weighted by molar-refractivity contribution is 6.30. The first-order valence-corrected chi connectivity index (χ1v) is 7.66. The minimum Gasteiger partial charge on any atom is -0.508 e. The van der Waals surface area contributed by atoms with Crippen LogP contribution in [0.3, 0.4) is 0 Å². The number of nitrogens with zero attached hydrogens (tertiary/aromatic N) is 2. The summed E-state index contributed by atoms with van der Waals surface area (Å²) in [5.41, 5.74) is 1.78. The number of phenolic OH excluding ortho intramolecular Hbond substituents is 1. The molecule has 3 rings (SSSR count). The van der Waals surface area contributed by atoms with E-state index in [2.05, 4.69) is 20.5 Å². The third-order valence-electron chi connectivity index (χ3n) is 3.54. The number of halogens is 1. The van der Waals surface area contributed by atoms with Crippen LogP contribution in [0.4, 0.5) is 0 Å². The Bertz CT molecular complexity index is 788. The number of nitrogens with one attached hydrogen (secondary N) is 2. The summed E-state index contributed by atoms with van der Waals surface area (Å²) in [6, 6.07) is 14.8. The molecule has 0 bridgehead atoms. The van der Waals surface area contributed by atoms with Crippen molar-refractivity contribution < 1.29 is 5.11 Å². The SMILES string of the molecule is Cc1nc(C(NCc2cc(Cl)ccc2O)c2ccccc2)n[nH]1. The molecule has 118 valence electrons. The molecular formula is C17H17ClN4O. The molecule has 0 radical (unpaired) electrons. The fourth-order valence-electron chi connectivity index (χ4n) is 2.40. The van der Waals surface area contributed by atoms with Crippen LogP contribution < -0.4 is 5.32 Å². The van der Waals surface area contributed by atoms with Crippen LogP contribution >= 0.6 is 11.6 Å². The monoisotopic (exact) mass is 328 g/mol. The molecule has 1 aromatic heterocycles. The Morgan fingerprint density at radius 3 is 2.70 bits per heavy atom. The maximum atomic E-state index is 9.96. The summed E-state index contributed by atoms with van der Waals surface area (Å²) >= 11 is 6.00. The van der Waals surface area contributed by atoms with Crippen molar-refractivity contribution in [2.75, 3.05) is 0 Å². The third-order valence-corrected chi connectivity index (χ3v) is 3.78. The van der Waals surface area contributed by atoms with E-state index in [-0.39, 0.29) is 11.8 Å². The average Bonchev–Trinajstić information content (AvgIpc) is 2.98. The van der Waals surface area contributed by atoms with Crippen molar-refractivity contribution >= 4 is 11.6 Å². The number of hydrogen-bond donors (Lipinski definition) is 3. The molecule has 1 unspecified atom stereocenters. The molecule has 5 nitrogen and oxygen atoms in total. The number of rotatable bonds is 5. The highest BCUT2D eigenvalue weighted by atomic mass is 35.5. The van der Waals surface area contributed by atoms with E-state index in [1.54, 1.807) is 18.2 Å². The Morgan fingerprint density at radius 2 is 2.00 bits per heavy atom. The van der Waals surface area contributed by atoms with Crippen molar-refractivity contribution in [3.8, 4) is 5.75 Å². The van der Waals surface area contributed by atoms with E-state index in [1.807, 2.05) is 37.3 Å². The second-order valence-corrected chi connectivity index (χ2v) is 5.71. The Labute approximate surface area is 139 Å². The maximum absolute atomic E-state index is 9.96.